The summed E-state index contributed by atoms with van der Waals surface area (Å²) in [6, 6.07) is 12.1. The number of hydrogen-bond acceptors (Lipinski definition) is 3. The quantitative estimate of drug-likeness (QED) is 0.507. The summed E-state index contributed by atoms with van der Waals surface area (Å²) in [6.07, 6.45) is 3.49. The summed E-state index contributed by atoms with van der Waals surface area (Å²) in [6.45, 7) is 0.544. The molecule has 4 rings (SSSR count). The van der Waals surface area contributed by atoms with Gasteiger partial charge in [-0.3, -0.25) is 0 Å². The van der Waals surface area contributed by atoms with E-state index in [2.05, 4.69) is 0 Å². The second-order valence-electron chi connectivity index (χ2n) is 9.09. The zero-order valence-corrected chi connectivity index (χ0v) is 18.3. The number of aliphatic carboxylic acids is 1. The van der Waals surface area contributed by atoms with Crippen molar-refractivity contribution < 1.29 is 28.2 Å². The van der Waals surface area contributed by atoms with Crippen LogP contribution in [-0.2, 0) is 4.79 Å². The predicted octanol–water partition coefficient (Wildman–Crippen LogP) is 6.10. The molecule has 2 aromatic carbocycles. The number of benzene rings is 2. The van der Waals surface area contributed by atoms with E-state index < -0.39 is 18.1 Å². The molecule has 0 heterocycles. The molecular weight excluding hydrogens is 414 g/mol. The molecule has 2 saturated carbocycles. The number of carboxylic acids is 1. The monoisotopic (exact) mass is 444 g/mol. The maximum absolute atomic E-state index is 14.4. The third-order valence-corrected chi connectivity index (χ3v) is 6.90. The Balaban J connectivity index is 1.33. The normalized spacial score (nSPS) is 22.7. The van der Waals surface area contributed by atoms with Crippen LogP contribution in [0.3, 0.4) is 0 Å². The van der Waals surface area contributed by atoms with E-state index in [4.69, 9.17) is 14.6 Å². The Morgan fingerprint density at radius 3 is 2.47 bits per heavy atom. The van der Waals surface area contributed by atoms with E-state index in [0.717, 1.165) is 44.1 Å². The molecule has 0 spiro atoms. The Morgan fingerprint density at radius 1 is 1.06 bits per heavy atom. The van der Waals surface area contributed by atoms with Crippen molar-refractivity contribution >= 4 is 5.97 Å². The molecular formula is C26H30F2O4. The Labute approximate surface area is 187 Å². The molecule has 2 aromatic rings. The summed E-state index contributed by atoms with van der Waals surface area (Å²) >= 11 is 0. The second kappa shape index (κ2) is 9.88. The molecule has 2 atom stereocenters. The van der Waals surface area contributed by atoms with Crippen molar-refractivity contribution in [1.29, 1.82) is 0 Å². The summed E-state index contributed by atoms with van der Waals surface area (Å²) in [5.74, 6) is -0.246. The van der Waals surface area contributed by atoms with Gasteiger partial charge in [-0.05, 0) is 97.7 Å². The Bertz CT molecular complexity index is 935. The number of carbonyl (C=O) groups is 1. The maximum Gasteiger partial charge on any atom is 0.338 e. The lowest BCUT2D eigenvalue weighted by Crippen LogP contribution is -2.25. The maximum atomic E-state index is 14.4. The SMILES string of the molecule is COc1ccc(F)c(C2CCC(COc3cccc([C@H](C4CC4)[C@H](F)C(=O)O)c3)CC2)c1. The van der Waals surface area contributed by atoms with Crippen molar-refractivity contribution in [2.24, 2.45) is 11.8 Å². The van der Waals surface area contributed by atoms with Crippen molar-refractivity contribution in [2.45, 2.75) is 56.5 Å². The van der Waals surface area contributed by atoms with Crippen LogP contribution in [0.1, 0.15) is 61.5 Å². The van der Waals surface area contributed by atoms with Gasteiger partial charge in [0.25, 0.3) is 0 Å². The molecule has 0 bridgehead atoms. The molecule has 0 saturated heterocycles. The highest BCUT2D eigenvalue weighted by Gasteiger charge is 2.41. The van der Waals surface area contributed by atoms with Gasteiger partial charge in [0.05, 0.1) is 13.7 Å². The Hall–Kier alpha value is -2.63. The number of methoxy groups -OCH3 is 1. The molecule has 0 aliphatic heterocycles. The number of halogens is 2. The molecule has 0 aromatic heterocycles. The van der Waals surface area contributed by atoms with Crippen molar-refractivity contribution in [2.75, 3.05) is 13.7 Å². The largest absolute Gasteiger partial charge is 0.497 e. The van der Waals surface area contributed by atoms with Crippen LogP contribution in [0, 0.1) is 17.7 Å². The highest BCUT2D eigenvalue weighted by molar-refractivity contribution is 5.73. The van der Waals surface area contributed by atoms with Crippen LogP contribution in [0.15, 0.2) is 42.5 Å². The van der Waals surface area contributed by atoms with Crippen LogP contribution in [0.4, 0.5) is 8.78 Å². The first kappa shape index (κ1) is 22.6. The molecule has 6 heteroatoms. The molecule has 172 valence electrons. The highest BCUT2D eigenvalue weighted by Crippen LogP contribution is 2.46. The third kappa shape index (κ3) is 5.22. The van der Waals surface area contributed by atoms with Gasteiger partial charge < -0.3 is 14.6 Å². The number of carboxylic acid groups (broad SMARTS) is 1. The van der Waals surface area contributed by atoms with Gasteiger partial charge in [-0.15, -0.1) is 0 Å². The minimum absolute atomic E-state index is 0.0867. The zero-order valence-electron chi connectivity index (χ0n) is 18.3. The molecule has 0 radical (unpaired) electrons. The first-order valence-electron chi connectivity index (χ1n) is 11.4. The first-order chi connectivity index (χ1) is 15.5. The van der Waals surface area contributed by atoms with Crippen molar-refractivity contribution in [3.63, 3.8) is 0 Å². The summed E-state index contributed by atoms with van der Waals surface area (Å²) in [4.78, 5) is 11.2. The van der Waals surface area contributed by atoms with Crippen LogP contribution in [0.5, 0.6) is 11.5 Å². The van der Waals surface area contributed by atoms with Gasteiger partial charge in [0, 0.05) is 5.92 Å². The average Bonchev–Trinajstić information content (AvgIpc) is 3.64. The van der Waals surface area contributed by atoms with E-state index in [0.29, 0.717) is 29.6 Å². The lowest BCUT2D eigenvalue weighted by atomic mass is 9.79. The molecule has 2 aliphatic rings. The van der Waals surface area contributed by atoms with Gasteiger partial charge in [0.1, 0.15) is 17.3 Å². The van der Waals surface area contributed by atoms with Crippen LogP contribution in [0.25, 0.3) is 0 Å². The van der Waals surface area contributed by atoms with Gasteiger partial charge in [-0.25, -0.2) is 13.6 Å². The molecule has 1 N–H and O–H groups in total. The molecule has 32 heavy (non-hydrogen) atoms. The highest BCUT2D eigenvalue weighted by atomic mass is 19.1. The summed E-state index contributed by atoms with van der Waals surface area (Å²) in [5, 5.41) is 9.15. The lowest BCUT2D eigenvalue weighted by Gasteiger charge is -2.29. The number of rotatable bonds is 9. The third-order valence-electron chi connectivity index (χ3n) is 6.90. The van der Waals surface area contributed by atoms with Crippen molar-refractivity contribution in [3.8, 4) is 11.5 Å². The van der Waals surface area contributed by atoms with Gasteiger partial charge in [-0.1, -0.05) is 12.1 Å². The van der Waals surface area contributed by atoms with Crippen molar-refractivity contribution in [1.82, 2.24) is 0 Å². The molecule has 4 nitrogen and oxygen atoms in total. The lowest BCUT2D eigenvalue weighted by molar-refractivity contribution is -0.143. The minimum atomic E-state index is -1.90. The number of ether oxygens (including phenoxy) is 2. The van der Waals surface area contributed by atoms with E-state index in [1.165, 1.54) is 6.07 Å². The number of alkyl halides is 1. The fraction of sp³-hybridized carbons (Fsp3) is 0.500. The van der Waals surface area contributed by atoms with E-state index in [-0.39, 0.29) is 17.7 Å². The summed E-state index contributed by atoms with van der Waals surface area (Å²) < 4.78 is 39.9. The minimum Gasteiger partial charge on any atom is -0.497 e. The molecule has 2 aliphatic carbocycles. The van der Waals surface area contributed by atoms with Crippen LogP contribution in [-0.4, -0.2) is 31.0 Å². The number of hydrogen-bond donors (Lipinski definition) is 1. The van der Waals surface area contributed by atoms with Crippen LogP contribution >= 0.6 is 0 Å². The van der Waals surface area contributed by atoms with Gasteiger partial charge >= 0.3 is 5.97 Å². The van der Waals surface area contributed by atoms with Crippen molar-refractivity contribution in [3.05, 3.63) is 59.4 Å². The van der Waals surface area contributed by atoms with E-state index >= 15 is 0 Å². The Kier molecular flexibility index (Phi) is 6.97. The van der Waals surface area contributed by atoms with E-state index in [1.807, 2.05) is 6.07 Å². The first-order valence-corrected chi connectivity index (χ1v) is 11.4. The fourth-order valence-corrected chi connectivity index (χ4v) is 4.92. The van der Waals surface area contributed by atoms with E-state index in [1.54, 1.807) is 37.4 Å². The molecule has 2 fully saturated rings. The fourth-order valence-electron chi connectivity index (χ4n) is 4.92. The van der Waals surface area contributed by atoms with Crippen LogP contribution in [0.2, 0.25) is 0 Å². The molecule has 0 amide bonds. The van der Waals surface area contributed by atoms with Gasteiger partial charge in [0.2, 0.25) is 6.17 Å². The second-order valence-corrected chi connectivity index (χ2v) is 9.09. The topological polar surface area (TPSA) is 55.8 Å². The summed E-state index contributed by atoms with van der Waals surface area (Å²) in [5.41, 5.74) is 1.42. The van der Waals surface area contributed by atoms with Gasteiger partial charge in [-0.2, -0.15) is 0 Å². The predicted molar refractivity (Wildman–Crippen MR) is 118 cm³/mol. The smallest absolute Gasteiger partial charge is 0.338 e. The summed E-state index contributed by atoms with van der Waals surface area (Å²) in [7, 11) is 1.59. The standard InChI is InChI=1S/C26H30F2O4/c1-31-20-11-12-23(27)22(14-20)17-7-5-16(6-8-17)15-32-21-4-2-3-19(13-21)24(18-9-10-18)25(28)26(29)30/h2-4,11-14,16-18,24-25H,5-10,15H2,1H3,(H,29,30)/t16?,17?,24-,25-/m0/s1. The molecule has 0 unspecified atom stereocenters. The average molecular weight is 445 g/mol. The van der Waals surface area contributed by atoms with Gasteiger partial charge in [0.15, 0.2) is 0 Å². The zero-order chi connectivity index (χ0) is 22.7. The van der Waals surface area contributed by atoms with E-state index in [9.17, 15) is 13.6 Å². The van der Waals surface area contributed by atoms with Crippen LogP contribution < -0.4 is 9.47 Å². The Morgan fingerprint density at radius 2 is 1.81 bits per heavy atom.